The van der Waals surface area contributed by atoms with Gasteiger partial charge in [-0.25, -0.2) is 0 Å². The van der Waals surface area contributed by atoms with Gasteiger partial charge >= 0.3 is 0 Å². The van der Waals surface area contributed by atoms with Crippen LogP contribution in [0.25, 0.3) is 0 Å². The Hall–Kier alpha value is -1.28. The number of benzene rings is 2. The van der Waals surface area contributed by atoms with Crippen LogP contribution in [0, 0.1) is 13.8 Å². The minimum Gasteiger partial charge on any atom is -0.493 e. The lowest BCUT2D eigenvalue weighted by Crippen LogP contribution is -2.18. The first-order chi connectivity index (χ1) is 9.66. The summed E-state index contributed by atoms with van der Waals surface area (Å²) < 4.78 is 5.77. The van der Waals surface area contributed by atoms with Gasteiger partial charge in [-0.3, -0.25) is 0 Å². The molecule has 2 aromatic rings. The molecule has 3 rings (SSSR count). The van der Waals surface area contributed by atoms with Gasteiger partial charge in [0.1, 0.15) is 5.75 Å². The van der Waals surface area contributed by atoms with Crippen LogP contribution in [0.15, 0.2) is 42.5 Å². The Morgan fingerprint density at radius 2 is 1.95 bits per heavy atom. The maximum Gasteiger partial charge on any atom is 0.122 e. The monoisotopic (exact) mass is 330 g/mol. The minimum absolute atomic E-state index is 0.341. The van der Waals surface area contributed by atoms with Gasteiger partial charge in [-0.05, 0) is 43.0 Å². The molecule has 1 heterocycles. The van der Waals surface area contributed by atoms with Crippen LogP contribution in [0.4, 0.5) is 0 Å². The van der Waals surface area contributed by atoms with Gasteiger partial charge in [0.05, 0.1) is 6.61 Å². The van der Waals surface area contributed by atoms with E-state index in [4.69, 9.17) is 4.74 Å². The largest absolute Gasteiger partial charge is 0.493 e. The first-order valence-corrected chi connectivity index (χ1v) is 8.01. The molecule has 0 bridgehead atoms. The highest BCUT2D eigenvalue weighted by Gasteiger charge is 2.28. The number of ether oxygens (including phenoxy) is 1. The van der Waals surface area contributed by atoms with E-state index in [1.807, 2.05) is 6.07 Å². The molecular formula is C18H19BrO. The van der Waals surface area contributed by atoms with Crippen LogP contribution >= 0.6 is 15.9 Å². The Morgan fingerprint density at radius 3 is 2.75 bits per heavy atom. The van der Waals surface area contributed by atoms with Crippen molar-refractivity contribution in [1.82, 2.24) is 0 Å². The first-order valence-electron chi connectivity index (χ1n) is 7.10. The Kier molecular flexibility index (Phi) is 3.84. The lowest BCUT2D eigenvalue weighted by molar-refractivity contribution is 0.266. The molecule has 1 aliphatic heterocycles. The van der Waals surface area contributed by atoms with Crippen molar-refractivity contribution in [3.05, 3.63) is 64.7 Å². The van der Waals surface area contributed by atoms with Crippen molar-refractivity contribution >= 4 is 15.9 Å². The highest BCUT2D eigenvalue weighted by Crippen LogP contribution is 2.46. The molecule has 2 aromatic carbocycles. The normalized spacial score (nSPS) is 19.1. The van der Waals surface area contributed by atoms with E-state index in [1.54, 1.807) is 0 Å². The number of halogens is 1. The molecule has 0 N–H and O–H groups in total. The standard InChI is InChI=1S/C18H19BrO/c1-12-7-8-14(13(2)11-12)18(19)16-9-10-20-17-6-4-3-5-15(16)17/h3-8,11,16,18H,9-10H2,1-2H3. The van der Waals surface area contributed by atoms with Crippen molar-refractivity contribution < 1.29 is 4.74 Å². The summed E-state index contributed by atoms with van der Waals surface area (Å²) in [6.07, 6.45) is 1.06. The van der Waals surface area contributed by atoms with Crippen LogP contribution in [0.2, 0.25) is 0 Å². The van der Waals surface area contributed by atoms with E-state index in [0.29, 0.717) is 10.7 Å². The smallest absolute Gasteiger partial charge is 0.122 e. The molecule has 0 aliphatic carbocycles. The molecule has 2 heteroatoms. The molecule has 104 valence electrons. The zero-order valence-corrected chi connectivity index (χ0v) is 13.5. The summed E-state index contributed by atoms with van der Waals surface area (Å²) in [5.41, 5.74) is 5.38. The van der Waals surface area contributed by atoms with Crippen LogP contribution in [0.3, 0.4) is 0 Å². The molecular weight excluding hydrogens is 312 g/mol. The van der Waals surface area contributed by atoms with Gasteiger partial charge < -0.3 is 4.74 Å². The fourth-order valence-electron chi connectivity index (χ4n) is 3.03. The average Bonchev–Trinajstić information content (AvgIpc) is 2.46. The molecule has 0 aromatic heterocycles. The van der Waals surface area contributed by atoms with E-state index >= 15 is 0 Å². The summed E-state index contributed by atoms with van der Waals surface area (Å²) in [5, 5.41) is 0. The fraction of sp³-hybridized carbons (Fsp3) is 0.333. The van der Waals surface area contributed by atoms with Crippen molar-refractivity contribution in [2.45, 2.75) is 31.0 Å². The van der Waals surface area contributed by atoms with Crippen LogP contribution in [-0.2, 0) is 0 Å². The fourth-order valence-corrected chi connectivity index (χ4v) is 4.09. The van der Waals surface area contributed by atoms with Crippen molar-refractivity contribution in [3.8, 4) is 5.75 Å². The quantitative estimate of drug-likeness (QED) is 0.678. The van der Waals surface area contributed by atoms with Gasteiger partial charge in [0.25, 0.3) is 0 Å². The zero-order chi connectivity index (χ0) is 14.1. The molecule has 20 heavy (non-hydrogen) atoms. The van der Waals surface area contributed by atoms with Gasteiger partial charge in [-0.15, -0.1) is 0 Å². The Labute approximate surface area is 129 Å². The molecule has 0 saturated carbocycles. The summed E-state index contributed by atoms with van der Waals surface area (Å²) in [7, 11) is 0. The van der Waals surface area contributed by atoms with Crippen molar-refractivity contribution in [3.63, 3.8) is 0 Å². The highest BCUT2D eigenvalue weighted by molar-refractivity contribution is 9.09. The molecule has 1 aliphatic rings. The Balaban J connectivity index is 1.97. The van der Waals surface area contributed by atoms with Crippen molar-refractivity contribution in [2.75, 3.05) is 6.61 Å². The third-order valence-electron chi connectivity index (χ3n) is 4.08. The molecule has 0 radical (unpaired) electrons. The maximum atomic E-state index is 5.77. The number of fused-ring (bicyclic) bond motifs is 1. The molecule has 1 nitrogen and oxygen atoms in total. The molecule has 0 spiro atoms. The van der Waals surface area contributed by atoms with Crippen LogP contribution in [-0.4, -0.2) is 6.61 Å². The summed E-state index contributed by atoms with van der Waals surface area (Å²) in [5.74, 6) is 1.51. The molecule has 2 unspecified atom stereocenters. The SMILES string of the molecule is Cc1ccc(C(Br)C2CCOc3ccccc32)c(C)c1. The number of rotatable bonds is 2. The maximum absolute atomic E-state index is 5.77. The highest BCUT2D eigenvalue weighted by atomic mass is 79.9. The summed E-state index contributed by atoms with van der Waals surface area (Å²) in [6.45, 7) is 5.14. The van der Waals surface area contributed by atoms with Crippen molar-refractivity contribution in [1.29, 1.82) is 0 Å². The second-order valence-corrected chi connectivity index (χ2v) is 6.53. The van der Waals surface area contributed by atoms with Gasteiger partial charge in [0.2, 0.25) is 0 Å². The van der Waals surface area contributed by atoms with E-state index in [1.165, 1.54) is 22.3 Å². The third kappa shape index (κ3) is 2.49. The second kappa shape index (κ2) is 5.61. The second-order valence-electron chi connectivity index (χ2n) is 5.54. The Morgan fingerprint density at radius 1 is 1.15 bits per heavy atom. The van der Waals surface area contributed by atoms with Crippen LogP contribution in [0.5, 0.6) is 5.75 Å². The van der Waals surface area contributed by atoms with Crippen LogP contribution in [0.1, 0.15) is 39.4 Å². The third-order valence-corrected chi connectivity index (χ3v) is 5.21. The van der Waals surface area contributed by atoms with E-state index in [2.05, 4.69) is 66.2 Å². The Bertz CT molecular complexity index is 621. The number of hydrogen-bond donors (Lipinski definition) is 0. The van der Waals surface area contributed by atoms with Gasteiger partial charge in [0.15, 0.2) is 0 Å². The molecule has 0 saturated heterocycles. The number of aryl methyl sites for hydroxylation is 2. The number of alkyl halides is 1. The molecule has 0 amide bonds. The predicted molar refractivity (Wildman–Crippen MR) is 86.9 cm³/mol. The van der Waals surface area contributed by atoms with Gasteiger partial charge in [-0.1, -0.05) is 57.9 Å². The van der Waals surface area contributed by atoms with E-state index in [0.717, 1.165) is 18.8 Å². The average molecular weight is 331 g/mol. The van der Waals surface area contributed by atoms with Gasteiger partial charge in [0, 0.05) is 10.7 Å². The predicted octanol–water partition coefficient (Wildman–Crippen LogP) is 5.31. The summed E-state index contributed by atoms with van der Waals surface area (Å²) in [6, 6.07) is 15.1. The van der Waals surface area contributed by atoms with E-state index < -0.39 is 0 Å². The number of hydrogen-bond acceptors (Lipinski definition) is 1. The van der Waals surface area contributed by atoms with Crippen LogP contribution < -0.4 is 4.74 Å². The molecule has 0 fully saturated rings. The first kappa shape index (κ1) is 13.7. The minimum atomic E-state index is 0.341. The lowest BCUT2D eigenvalue weighted by Gasteiger charge is -2.30. The van der Waals surface area contributed by atoms with E-state index in [-0.39, 0.29) is 0 Å². The number of para-hydroxylation sites is 1. The van der Waals surface area contributed by atoms with Crippen molar-refractivity contribution in [2.24, 2.45) is 0 Å². The zero-order valence-electron chi connectivity index (χ0n) is 11.9. The van der Waals surface area contributed by atoms with E-state index in [9.17, 15) is 0 Å². The summed E-state index contributed by atoms with van der Waals surface area (Å²) >= 11 is 3.94. The summed E-state index contributed by atoms with van der Waals surface area (Å²) in [4.78, 5) is 0.341. The topological polar surface area (TPSA) is 9.23 Å². The lowest BCUT2D eigenvalue weighted by atomic mass is 9.86. The van der Waals surface area contributed by atoms with Gasteiger partial charge in [-0.2, -0.15) is 0 Å². The molecule has 2 atom stereocenters.